The van der Waals surface area contributed by atoms with Gasteiger partial charge in [0.15, 0.2) is 0 Å². The smallest absolute Gasteiger partial charge is 0.342 e. The molecule has 0 N–H and O–H groups in total. The van der Waals surface area contributed by atoms with Gasteiger partial charge in [-0.1, -0.05) is 0 Å². The zero-order valence-corrected chi connectivity index (χ0v) is 10.8. The lowest BCUT2D eigenvalue weighted by atomic mass is 10.1. The first-order valence-corrected chi connectivity index (χ1v) is 6.48. The molecule has 2 aromatic rings. The summed E-state index contributed by atoms with van der Waals surface area (Å²) >= 11 is 0. The van der Waals surface area contributed by atoms with Gasteiger partial charge in [0.25, 0.3) is 0 Å². The van der Waals surface area contributed by atoms with E-state index in [2.05, 4.69) is 10.1 Å². The van der Waals surface area contributed by atoms with Crippen molar-refractivity contribution in [3.63, 3.8) is 0 Å². The summed E-state index contributed by atoms with van der Waals surface area (Å²) in [6, 6.07) is 3.72. The van der Waals surface area contributed by atoms with Crippen molar-refractivity contribution in [3.05, 3.63) is 35.8 Å². The molecular weight excluding hydrogens is 242 g/mol. The normalized spacial score (nSPS) is 13.3. The zero-order chi connectivity index (χ0) is 13.2. The van der Waals surface area contributed by atoms with Gasteiger partial charge in [-0.3, -0.25) is 9.67 Å². The van der Waals surface area contributed by atoms with Gasteiger partial charge in [0.1, 0.15) is 11.3 Å². The molecule has 1 aliphatic heterocycles. The van der Waals surface area contributed by atoms with E-state index in [4.69, 9.17) is 4.74 Å². The Kier molecular flexibility index (Phi) is 3.03. The maximum absolute atomic E-state index is 12.2. The molecule has 3 heterocycles. The van der Waals surface area contributed by atoms with Gasteiger partial charge in [-0.2, -0.15) is 5.10 Å². The molecule has 2 aromatic heterocycles. The van der Waals surface area contributed by atoms with Crippen molar-refractivity contribution in [2.24, 2.45) is 0 Å². The number of carbonyl (C=O) groups excluding carboxylic acids is 1. The lowest BCUT2D eigenvalue weighted by Gasteiger charge is -2.04. The quantitative estimate of drug-likeness (QED) is 0.790. The van der Waals surface area contributed by atoms with Crippen LogP contribution in [0.4, 0.5) is 0 Å². The second-order valence-corrected chi connectivity index (χ2v) is 4.45. The van der Waals surface area contributed by atoms with Crippen molar-refractivity contribution < 1.29 is 9.53 Å². The highest BCUT2D eigenvalue weighted by Gasteiger charge is 2.27. The van der Waals surface area contributed by atoms with Gasteiger partial charge in [0.2, 0.25) is 0 Å². The standard InChI is InChI=1S/C14H15N3O2/c1-2-19-14(18)12-11-4-3-9-17(11)16-13(12)10-5-7-15-8-6-10/h5-8H,2-4,9H2,1H3. The SMILES string of the molecule is CCOC(=O)c1c(-c2ccncc2)nn2c1CCC2. The van der Waals surface area contributed by atoms with E-state index in [0.29, 0.717) is 17.9 Å². The number of rotatable bonds is 3. The first-order valence-electron chi connectivity index (χ1n) is 6.48. The third-order valence-electron chi connectivity index (χ3n) is 3.27. The minimum absolute atomic E-state index is 0.280. The third-order valence-corrected chi connectivity index (χ3v) is 3.27. The van der Waals surface area contributed by atoms with Gasteiger partial charge in [-0.15, -0.1) is 0 Å². The predicted molar refractivity (Wildman–Crippen MR) is 69.7 cm³/mol. The number of pyridine rings is 1. The first kappa shape index (κ1) is 11.9. The number of fused-ring (bicyclic) bond motifs is 1. The summed E-state index contributed by atoms with van der Waals surface area (Å²) in [5.41, 5.74) is 3.21. The molecule has 3 rings (SSSR count). The predicted octanol–water partition coefficient (Wildman–Crippen LogP) is 2.07. The molecule has 5 heteroatoms. The van der Waals surface area contributed by atoms with E-state index >= 15 is 0 Å². The Balaban J connectivity index is 2.12. The molecule has 0 aliphatic carbocycles. The van der Waals surface area contributed by atoms with E-state index in [-0.39, 0.29) is 5.97 Å². The summed E-state index contributed by atoms with van der Waals surface area (Å²) in [7, 11) is 0. The van der Waals surface area contributed by atoms with Gasteiger partial charge in [0, 0.05) is 24.5 Å². The van der Waals surface area contributed by atoms with Crippen molar-refractivity contribution in [1.82, 2.24) is 14.8 Å². The van der Waals surface area contributed by atoms with Crippen LogP contribution in [0, 0.1) is 0 Å². The molecule has 0 amide bonds. The zero-order valence-electron chi connectivity index (χ0n) is 10.8. The minimum Gasteiger partial charge on any atom is -0.462 e. The Morgan fingerprint density at radius 3 is 2.95 bits per heavy atom. The van der Waals surface area contributed by atoms with Crippen LogP contribution in [0.3, 0.4) is 0 Å². The van der Waals surface area contributed by atoms with Crippen LogP contribution in [-0.2, 0) is 17.7 Å². The minimum atomic E-state index is -0.280. The summed E-state index contributed by atoms with van der Waals surface area (Å²) < 4.78 is 7.08. The van der Waals surface area contributed by atoms with Gasteiger partial charge < -0.3 is 4.74 Å². The van der Waals surface area contributed by atoms with Crippen molar-refractivity contribution in [1.29, 1.82) is 0 Å². The van der Waals surface area contributed by atoms with Crippen LogP contribution in [0.2, 0.25) is 0 Å². The van der Waals surface area contributed by atoms with Crippen LogP contribution in [0.15, 0.2) is 24.5 Å². The lowest BCUT2D eigenvalue weighted by molar-refractivity contribution is 0.0526. The number of hydrogen-bond donors (Lipinski definition) is 0. The second-order valence-electron chi connectivity index (χ2n) is 4.45. The molecule has 1 aliphatic rings. The van der Waals surface area contributed by atoms with Crippen molar-refractivity contribution in [2.45, 2.75) is 26.3 Å². The van der Waals surface area contributed by atoms with Crippen LogP contribution in [0.1, 0.15) is 29.4 Å². The summed E-state index contributed by atoms with van der Waals surface area (Å²) in [4.78, 5) is 16.2. The number of nitrogens with zero attached hydrogens (tertiary/aromatic N) is 3. The molecule has 0 spiro atoms. The molecule has 0 aromatic carbocycles. The summed E-state index contributed by atoms with van der Waals surface area (Å²) in [5, 5.41) is 4.55. The van der Waals surface area contributed by atoms with Crippen molar-refractivity contribution in [2.75, 3.05) is 6.61 Å². The first-order chi connectivity index (χ1) is 9.31. The van der Waals surface area contributed by atoms with E-state index in [1.165, 1.54) is 0 Å². The number of aryl methyl sites for hydroxylation is 1. The lowest BCUT2D eigenvalue weighted by Crippen LogP contribution is -2.08. The molecule has 0 fully saturated rings. The van der Waals surface area contributed by atoms with Crippen LogP contribution in [0.5, 0.6) is 0 Å². The van der Waals surface area contributed by atoms with Crippen LogP contribution >= 0.6 is 0 Å². The van der Waals surface area contributed by atoms with E-state index in [1.54, 1.807) is 12.4 Å². The fraction of sp³-hybridized carbons (Fsp3) is 0.357. The van der Waals surface area contributed by atoms with Gasteiger partial charge in [0.05, 0.1) is 12.3 Å². The van der Waals surface area contributed by atoms with Gasteiger partial charge in [-0.05, 0) is 31.9 Å². The van der Waals surface area contributed by atoms with Crippen LogP contribution in [-0.4, -0.2) is 27.3 Å². The Labute approximate surface area is 111 Å². The Morgan fingerprint density at radius 2 is 2.21 bits per heavy atom. The number of ether oxygens (including phenoxy) is 1. The van der Waals surface area contributed by atoms with E-state index in [1.807, 2.05) is 23.7 Å². The second kappa shape index (κ2) is 4.84. The van der Waals surface area contributed by atoms with E-state index < -0.39 is 0 Å². The highest BCUT2D eigenvalue weighted by Crippen LogP contribution is 2.29. The average Bonchev–Trinajstić information content (AvgIpc) is 2.99. The molecule has 0 bridgehead atoms. The highest BCUT2D eigenvalue weighted by atomic mass is 16.5. The largest absolute Gasteiger partial charge is 0.462 e. The van der Waals surface area contributed by atoms with Gasteiger partial charge >= 0.3 is 5.97 Å². The summed E-state index contributed by atoms with van der Waals surface area (Å²) in [5.74, 6) is -0.280. The maximum atomic E-state index is 12.2. The van der Waals surface area contributed by atoms with Crippen molar-refractivity contribution in [3.8, 4) is 11.3 Å². The average molecular weight is 257 g/mol. The molecule has 0 saturated carbocycles. The molecular formula is C14H15N3O2. The fourth-order valence-corrected chi connectivity index (χ4v) is 2.46. The van der Waals surface area contributed by atoms with Crippen LogP contribution < -0.4 is 0 Å². The molecule has 0 radical (unpaired) electrons. The van der Waals surface area contributed by atoms with E-state index in [0.717, 1.165) is 30.6 Å². The fourth-order valence-electron chi connectivity index (χ4n) is 2.46. The van der Waals surface area contributed by atoms with Crippen LogP contribution in [0.25, 0.3) is 11.3 Å². The molecule has 98 valence electrons. The molecule has 0 atom stereocenters. The molecule has 0 unspecified atom stereocenters. The number of hydrogen-bond acceptors (Lipinski definition) is 4. The molecule has 5 nitrogen and oxygen atoms in total. The van der Waals surface area contributed by atoms with E-state index in [9.17, 15) is 4.79 Å². The molecule has 0 saturated heterocycles. The maximum Gasteiger partial charge on any atom is 0.342 e. The monoisotopic (exact) mass is 257 g/mol. The highest BCUT2D eigenvalue weighted by molar-refractivity contribution is 5.97. The topological polar surface area (TPSA) is 57.0 Å². The van der Waals surface area contributed by atoms with Crippen molar-refractivity contribution >= 4 is 5.97 Å². The number of esters is 1. The Hall–Kier alpha value is -2.17. The number of aromatic nitrogens is 3. The third kappa shape index (κ3) is 2.01. The Morgan fingerprint density at radius 1 is 1.42 bits per heavy atom. The molecule has 19 heavy (non-hydrogen) atoms. The number of carbonyl (C=O) groups is 1. The van der Waals surface area contributed by atoms with Gasteiger partial charge in [-0.25, -0.2) is 4.79 Å². The Bertz CT molecular complexity index is 605. The summed E-state index contributed by atoms with van der Waals surface area (Å²) in [6.45, 7) is 3.06. The summed E-state index contributed by atoms with van der Waals surface area (Å²) in [6.07, 6.45) is 5.32.